The van der Waals surface area contributed by atoms with Gasteiger partial charge < -0.3 is 9.88 Å². The first-order valence-electron chi connectivity index (χ1n) is 5.68. The Morgan fingerprint density at radius 2 is 2.33 bits per heavy atom. The Bertz CT molecular complexity index is 445. The number of nitro groups is 1. The lowest BCUT2D eigenvalue weighted by atomic mass is 10.2. The fraction of sp³-hybridized carbons (Fsp3) is 0.545. The van der Waals surface area contributed by atoms with Crippen molar-refractivity contribution < 1.29 is 9.72 Å². The summed E-state index contributed by atoms with van der Waals surface area (Å²) in [4.78, 5) is 21.8. The second-order valence-electron chi connectivity index (χ2n) is 4.00. The zero-order valence-electron chi connectivity index (χ0n) is 10.4. The van der Waals surface area contributed by atoms with Crippen LogP contribution in [0.3, 0.4) is 0 Å². The number of hydrogen-bond donors (Lipinski definition) is 1. The van der Waals surface area contributed by atoms with E-state index in [2.05, 4.69) is 5.32 Å². The molecular formula is C11H16ClN3O3. The first-order chi connectivity index (χ1) is 8.45. The standard InChI is InChI=1S/C11H16ClN3O3/c1-3-8(12)4-5-13-11(16)10-6-9(15(17)18)7-14(10)2/h6-8H,3-5H2,1-2H3,(H,13,16). The molecule has 0 fully saturated rings. The number of alkyl halides is 1. The minimum Gasteiger partial charge on any atom is -0.351 e. The summed E-state index contributed by atoms with van der Waals surface area (Å²) in [6.45, 7) is 2.43. The molecule has 0 aliphatic carbocycles. The highest BCUT2D eigenvalue weighted by Crippen LogP contribution is 2.15. The molecule has 1 N–H and O–H groups in total. The van der Waals surface area contributed by atoms with E-state index in [1.165, 1.54) is 16.8 Å². The lowest BCUT2D eigenvalue weighted by molar-refractivity contribution is -0.384. The highest BCUT2D eigenvalue weighted by Gasteiger charge is 2.17. The molecule has 6 nitrogen and oxygen atoms in total. The molecule has 18 heavy (non-hydrogen) atoms. The van der Waals surface area contributed by atoms with E-state index in [0.29, 0.717) is 13.0 Å². The lowest BCUT2D eigenvalue weighted by Crippen LogP contribution is -2.27. The molecule has 1 rings (SSSR count). The SMILES string of the molecule is CCC(Cl)CCNC(=O)c1cc([N+](=O)[O-])cn1C. The Balaban J connectivity index is 2.59. The van der Waals surface area contributed by atoms with Crippen LogP contribution >= 0.6 is 11.6 Å². The third kappa shape index (κ3) is 3.73. The molecule has 1 unspecified atom stereocenters. The minimum absolute atomic E-state index is 0.0352. The molecule has 0 radical (unpaired) electrons. The quantitative estimate of drug-likeness (QED) is 0.490. The summed E-state index contributed by atoms with van der Waals surface area (Å²) in [7, 11) is 1.60. The van der Waals surface area contributed by atoms with E-state index in [1.807, 2.05) is 6.92 Å². The molecule has 0 aliphatic heterocycles. The van der Waals surface area contributed by atoms with Crippen LogP contribution in [0.5, 0.6) is 0 Å². The monoisotopic (exact) mass is 273 g/mol. The van der Waals surface area contributed by atoms with Crippen molar-refractivity contribution in [2.75, 3.05) is 6.54 Å². The van der Waals surface area contributed by atoms with Crippen molar-refractivity contribution in [2.24, 2.45) is 7.05 Å². The van der Waals surface area contributed by atoms with Gasteiger partial charge in [0.1, 0.15) is 5.69 Å². The Hall–Kier alpha value is -1.56. The van der Waals surface area contributed by atoms with E-state index in [4.69, 9.17) is 11.6 Å². The van der Waals surface area contributed by atoms with Gasteiger partial charge in [-0.3, -0.25) is 14.9 Å². The molecule has 1 heterocycles. The van der Waals surface area contributed by atoms with Crippen molar-refractivity contribution in [3.8, 4) is 0 Å². The maximum absolute atomic E-state index is 11.8. The molecule has 0 aromatic carbocycles. The number of carbonyl (C=O) groups excluding carboxylic acids is 1. The van der Waals surface area contributed by atoms with E-state index < -0.39 is 4.92 Å². The topological polar surface area (TPSA) is 77.2 Å². The predicted octanol–water partition coefficient (Wildman–Crippen LogP) is 2.07. The smallest absolute Gasteiger partial charge is 0.287 e. The summed E-state index contributed by atoms with van der Waals surface area (Å²) in [6.07, 6.45) is 2.83. The highest BCUT2D eigenvalue weighted by atomic mass is 35.5. The average Bonchev–Trinajstić information content (AvgIpc) is 2.71. The van der Waals surface area contributed by atoms with E-state index >= 15 is 0 Å². The second kappa shape index (κ2) is 6.39. The van der Waals surface area contributed by atoms with Crippen LogP contribution in [0.15, 0.2) is 12.3 Å². The first-order valence-corrected chi connectivity index (χ1v) is 6.12. The molecule has 0 saturated heterocycles. The van der Waals surface area contributed by atoms with Gasteiger partial charge in [-0.2, -0.15) is 0 Å². The van der Waals surface area contributed by atoms with E-state index in [-0.39, 0.29) is 22.7 Å². The van der Waals surface area contributed by atoms with Crippen molar-refractivity contribution in [3.05, 3.63) is 28.1 Å². The first kappa shape index (κ1) is 14.5. The summed E-state index contributed by atoms with van der Waals surface area (Å²) < 4.78 is 1.44. The number of halogens is 1. The van der Waals surface area contributed by atoms with Gasteiger partial charge in [0.05, 0.1) is 11.1 Å². The molecular weight excluding hydrogens is 258 g/mol. The van der Waals surface area contributed by atoms with Crippen LogP contribution in [0.4, 0.5) is 5.69 Å². The minimum atomic E-state index is -0.525. The number of hydrogen-bond acceptors (Lipinski definition) is 3. The summed E-state index contributed by atoms with van der Waals surface area (Å²) in [5, 5.41) is 13.3. The maximum Gasteiger partial charge on any atom is 0.287 e. The summed E-state index contributed by atoms with van der Waals surface area (Å²) >= 11 is 5.93. The van der Waals surface area contributed by atoms with Crippen LogP contribution in [0, 0.1) is 10.1 Å². The van der Waals surface area contributed by atoms with Crippen molar-refractivity contribution in [1.82, 2.24) is 9.88 Å². The second-order valence-corrected chi connectivity index (χ2v) is 4.62. The fourth-order valence-corrected chi connectivity index (χ4v) is 1.62. The Kier molecular flexibility index (Phi) is 5.15. The zero-order valence-corrected chi connectivity index (χ0v) is 11.1. The predicted molar refractivity (Wildman–Crippen MR) is 68.9 cm³/mol. The van der Waals surface area contributed by atoms with Gasteiger partial charge in [0.15, 0.2) is 0 Å². The highest BCUT2D eigenvalue weighted by molar-refractivity contribution is 6.20. The van der Waals surface area contributed by atoms with Gasteiger partial charge in [-0.25, -0.2) is 0 Å². The average molecular weight is 274 g/mol. The van der Waals surface area contributed by atoms with Gasteiger partial charge in [0.2, 0.25) is 0 Å². The number of carbonyl (C=O) groups is 1. The van der Waals surface area contributed by atoms with Crippen molar-refractivity contribution in [1.29, 1.82) is 0 Å². The lowest BCUT2D eigenvalue weighted by Gasteiger charge is -2.08. The molecule has 7 heteroatoms. The van der Waals surface area contributed by atoms with Crippen LogP contribution in [0.1, 0.15) is 30.3 Å². The van der Waals surface area contributed by atoms with Crippen molar-refractivity contribution >= 4 is 23.2 Å². The molecule has 0 saturated carbocycles. The van der Waals surface area contributed by atoms with Crippen LogP contribution < -0.4 is 5.32 Å². The third-order valence-corrected chi connectivity index (χ3v) is 3.15. The van der Waals surface area contributed by atoms with E-state index in [9.17, 15) is 14.9 Å². The molecule has 0 spiro atoms. The third-order valence-electron chi connectivity index (χ3n) is 2.62. The Morgan fingerprint density at radius 3 is 2.83 bits per heavy atom. The number of rotatable bonds is 6. The summed E-state index contributed by atoms with van der Waals surface area (Å²) in [6, 6.07) is 1.26. The van der Waals surface area contributed by atoms with Gasteiger partial charge >= 0.3 is 0 Å². The van der Waals surface area contributed by atoms with Crippen molar-refractivity contribution in [2.45, 2.75) is 25.1 Å². The molecule has 0 bridgehead atoms. The van der Waals surface area contributed by atoms with Crippen LogP contribution in [-0.4, -0.2) is 27.3 Å². The fourth-order valence-electron chi connectivity index (χ4n) is 1.51. The number of amides is 1. The molecule has 1 aromatic rings. The molecule has 1 aromatic heterocycles. The molecule has 0 aliphatic rings. The summed E-state index contributed by atoms with van der Waals surface area (Å²) in [5.41, 5.74) is 0.177. The Labute approximate surface area is 110 Å². The van der Waals surface area contributed by atoms with Crippen LogP contribution in [0.2, 0.25) is 0 Å². The van der Waals surface area contributed by atoms with E-state index in [1.54, 1.807) is 7.05 Å². The number of nitrogens with zero attached hydrogens (tertiary/aromatic N) is 2. The molecule has 1 atom stereocenters. The largest absolute Gasteiger partial charge is 0.351 e. The van der Waals surface area contributed by atoms with Crippen LogP contribution in [0.25, 0.3) is 0 Å². The van der Waals surface area contributed by atoms with E-state index in [0.717, 1.165) is 6.42 Å². The van der Waals surface area contributed by atoms with Gasteiger partial charge in [-0.15, -0.1) is 11.6 Å². The summed E-state index contributed by atoms with van der Waals surface area (Å²) in [5.74, 6) is -0.328. The van der Waals surface area contributed by atoms with Gasteiger partial charge in [-0.05, 0) is 12.8 Å². The van der Waals surface area contributed by atoms with Crippen molar-refractivity contribution in [3.63, 3.8) is 0 Å². The zero-order chi connectivity index (χ0) is 13.7. The number of nitrogens with one attached hydrogen (secondary N) is 1. The van der Waals surface area contributed by atoms with Gasteiger partial charge in [0.25, 0.3) is 11.6 Å². The normalized spacial score (nSPS) is 12.2. The molecule has 100 valence electrons. The number of aromatic nitrogens is 1. The van der Waals surface area contributed by atoms with Gasteiger partial charge in [0, 0.05) is 25.0 Å². The Morgan fingerprint density at radius 1 is 1.67 bits per heavy atom. The number of aryl methyl sites for hydroxylation is 1. The maximum atomic E-state index is 11.8. The van der Waals surface area contributed by atoms with Crippen LogP contribution in [-0.2, 0) is 7.05 Å². The molecule has 1 amide bonds. The van der Waals surface area contributed by atoms with Gasteiger partial charge in [-0.1, -0.05) is 6.92 Å².